The van der Waals surface area contributed by atoms with Crippen LogP contribution in [0.3, 0.4) is 0 Å². The fraction of sp³-hybridized carbons (Fsp3) is 0.500. The number of carboxylic acid groups (broad SMARTS) is 6. The number of carbonyl (C=O) groups is 6. The van der Waals surface area contributed by atoms with Gasteiger partial charge in [0.1, 0.15) is 5.60 Å². The molecule has 0 aromatic rings. The number of aliphatic hydroxyl groups is 2. The van der Waals surface area contributed by atoms with E-state index in [0.29, 0.717) is 0 Å². The zero-order valence-corrected chi connectivity index (χ0v) is 16.7. The van der Waals surface area contributed by atoms with Gasteiger partial charge in [-0.2, -0.15) is 0 Å². The summed E-state index contributed by atoms with van der Waals surface area (Å²) >= 11 is 0. The molecular weight excluding hydrogens is 422 g/mol. The van der Waals surface area contributed by atoms with Crippen molar-refractivity contribution in [3.05, 3.63) is 0 Å². The van der Waals surface area contributed by atoms with Gasteiger partial charge in [-0.3, -0.25) is 9.59 Å². The maximum Gasteiger partial charge on any atom is 2.00 e. The van der Waals surface area contributed by atoms with Crippen LogP contribution in [-0.4, -0.2) is 110 Å². The van der Waals surface area contributed by atoms with Crippen molar-refractivity contribution < 1.29 is 69.6 Å². The first-order chi connectivity index (χ1) is 11.6. The molecule has 16 heteroatoms. The van der Waals surface area contributed by atoms with Gasteiger partial charge in [0, 0.05) is 24.8 Å². The molecule has 0 heterocycles. The Bertz CT molecular complexity index is 519. The van der Waals surface area contributed by atoms with Crippen LogP contribution < -0.4 is 21.5 Å². The van der Waals surface area contributed by atoms with E-state index in [1.807, 2.05) is 0 Å². The van der Waals surface area contributed by atoms with Gasteiger partial charge in [-0.05, 0) is 0 Å². The summed E-state index contributed by atoms with van der Waals surface area (Å²) < 4.78 is 0. The van der Waals surface area contributed by atoms with Crippen LogP contribution in [0.4, 0.5) is 0 Å². The smallest absolute Gasteiger partial charge is 0.550 e. The minimum Gasteiger partial charge on any atom is -0.550 e. The molecule has 0 aliphatic heterocycles. The zero-order valence-electron chi connectivity index (χ0n) is 14.4. The summed E-state index contributed by atoms with van der Waals surface area (Å²) in [7, 11) is 0. The van der Waals surface area contributed by atoms with Crippen molar-refractivity contribution in [2.45, 2.75) is 36.9 Å². The predicted octanol–water partition coefficient (Wildman–Crippen LogP) is -6.51. The average molecular weight is 439 g/mol. The minimum atomic E-state index is -2.97. The molecule has 0 atom stereocenters. The first-order valence-corrected chi connectivity index (χ1v) is 6.28. The molecule has 0 spiro atoms. The topological polar surface area (TPSA) is 309 Å². The molecule has 9 N–H and O–H groups in total. The van der Waals surface area contributed by atoms with E-state index in [-0.39, 0.29) is 43.9 Å². The SMILES string of the molecule is O=C(O)CC(O)(CC(=O)O)C(=O)O.O=C([O-])CC(O)(CC(=O)[O-])C(=O)[O-].[Ca+2].[NH4+]. The van der Waals surface area contributed by atoms with E-state index in [1.165, 1.54) is 0 Å². The Labute approximate surface area is 185 Å². The van der Waals surface area contributed by atoms with Crippen LogP contribution in [0.2, 0.25) is 0 Å². The molecule has 156 valence electrons. The van der Waals surface area contributed by atoms with Crippen LogP contribution in [0.5, 0.6) is 0 Å². The summed E-state index contributed by atoms with van der Waals surface area (Å²) in [5, 5.41) is 72.7. The molecule has 0 aromatic carbocycles. The number of hydrogen-bond acceptors (Lipinski definition) is 11. The third-order valence-electron chi connectivity index (χ3n) is 2.54. The summed E-state index contributed by atoms with van der Waals surface area (Å²) in [5.41, 5.74) is -5.71. The fourth-order valence-corrected chi connectivity index (χ4v) is 1.40. The molecule has 28 heavy (non-hydrogen) atoms. The number of quaternary nitrogens is 1. The van der Waals surface area contributed by atoms with Gasteiger partial charge < -0.3 is 61.4 Å². The second-order valence-electron chi connectivity index (χ2n) is 4.89. The number of carbonyl (C=O) groups excluding carboxylic acids is 3. The molecule has 0 aliphatic rings. The monoisotopic (exact) mass is 439 g/mol. The van der Waals surface area contributed by atoms with Crippen molar-refractivity contribution >= 4 is 73.6 Å². The fourth-order valence-electron chi connectivity index (χ4n) is 1.40. The number of carboxylic acids is 6. The molecule has 0 rings (SSSR count). The quantitative estimate of drug-likeness (QED) is 0.172. The maximum atomic E-state index is 10.3. The van der Waals surface area contributed by atoms with Gasteiger partial charge in [0.2, 0.25) is 0 Å². The van der Waals surface area contributed by atoms with Crippen LogP contribution >= 0.6 is 0 Å². The van der Waals surface area contributed by atoms with Crippen LogP contribution in [-0.2, 0) is 28.8 Å². The van der Waals surface area contributed by atoms with Gasteiger partial charge in [0.15, 0.2) is 5.60 Å². The Morgan fingerprint density at radius 2 is 0.929 bits per heavy atom. The molecule has 0 amide bonds. The van der Waals surface area contributed by atoms with Crippen molar-refractivity contribution in [3.8, 4) is 0 Å². The normalized spacial score (nSPS) is 10.1. The van der Waals surface area contributed by atoms with Gasteiger partial charge in [-0.1, -0.05) is 0 Å². The molecule has 0 unspecified atom stereocenters. The molecule has 0 saturated carbocycles. The van der Waals surface area contributed by atoms with E-state index in [4.69, 9.17) is 25.5 Å². The van der Waals surface area contributed by atoms with Crippen molar-refractivity contribution in [1.29, 1.82) is 0 Å². The third-order valence-corrected chi connectivity index (χ3v) is 2.54. The molecular formula is C12H17CaNO14. The zero-order chi connectivity index (χ0) is 21.3. The Balaban J connectivity index is -0.000000192. The van der Waals surface area contributed by atoms with Crippen molar-refractivity contribution in [3.63, 3.8) is 0 Å². The van der Waals surface area contributed by atoms with E-state index in [2.05, 4.69) is 0 Å². The Kier molecular flexibility index (Phi) is 16.8. The van der Waals surface area contributed by atoms with Crippen LogP contribution in [0, 0.1) is 0 Å². The molecule has 0 radical (unpaired) electrons. The van der Waals surface area contributed by atoms with E-state index in [1.54, 1.807) is 0 Å². The summed E-state index contributed by atoms with van der Waals surface area (Å²) in [6, 6.07) is 0. The van der Waals surface area contributed by atoms with Crippen LogP contribution in [0.15, 0.2) is 0 Å². The molecule has 0 bridgehead atoms. The van der Waals surface area contributed by atoms with Crippen molar-refractivity contribution in [2.24, 2.45) is 0 Å². The second kappa shape index (κ2) is 14.0. The van der Waals surface area contributed by atoms with Gasteiger partial charge >= 0.3 is 55.6 Å². The van der Waals surface area contributed by atoms with Gasteiger partial charge in [0.05, 0.1) is 18.8 Å². The van der Waals surface area contributed by atoms with Gasteiger partial charge in [-0.25, -0.2) is 4.79 Å². The van der Waals surface area contributed by atoms with Crippen molar-refractivity contribution in [1.82, 2.24) is 6.15 Å². The first kappa shape index (κ1) is 33.5. The van der Waals surface area contributed by atoms with E-state index in [9.17, 15) is 44.1 Å². The van der Waals surface area contributed by atoms with Gasteiger partial charge in [0.25, 0.3) is 0 Å². The van der Waals surface area contributed by atoms with E-state index < -0.39 is 72.7 Å². The Hall–Kier alpha value is -2.04. The molecule has 0 fully saturated rings. The summed E-state index contributed by atoms with van der Waals surface area (Å²) in [5.74, 6) is -11.0. The number of hydrogen-bond donors (Lipinski definition) is 6. The Morgan fingerprint density at radius 3 is 1.07 bits per heavy atom. The minimum absolute atomic E-state index is 0. The number of rotatable bonds is 10. The molecule has 0 aliphatic carbocycles. The Morgan fingerprint density at radius 1 is 0.643 bits per heavy atom. The standard InChI is InChI=1S/2C6H8O7.Ca.H3N/c2*7-3(8)1-6(13,5(11)12)2-4(9)10;;/h2*13H,1-2H2,(H,7,8)(H,9,10)(H,11,12);;1H3/q;;+2;/p-2. The summed E-state index contributed by atoms with van der Waals surface area (Å²) in [4.78, 5) is 60.5. The maximum absolute atomic E-state index is 10.3. The van der Waals surface area contributed by atoms with Crippen molar-refractivity contribution in [2.75, 3.05) is 0 Å². The van der Waals surface area contributed by atoms with E-state index >= 15 is 0 Å². The molecule has 0 aromatic heterocycles. The molecule has 0 saturated heterocycles. The number of aliphatic carboxylic acids is 6. The first-order valence-electron chi connectivity index (χ1n) is 6.28. The predicted molar refractivity (Wildman–Crippen MR) is 78.0 cm³/mol. The third kappa shape index (κ3) is 14.1. The van der Waals surface area contributed by atoms with Crippen LogP contribution in [0.1, 0.15) is 25.7 Å². The van der Waals surface area contributed by atoms with Gasteiger partial charge in [-0.15, -0.1) is 0 Å². The molecule has 15 nitrogen and oxygen atoms in total. The average Bonchev–Trinajstić information content (AvgIpc) is 2.34. The largest absolute Gasteiger partial charge is 2.00 e. The summed E-state index contributed by atoms with van der Waals surface area (Å²) in [6.07, 6.45) is -5.00. The second-order valence-corrected chi connectivity index (χ2v) is 4.89. The van der Waals surface area contributed by atoms with Crippen LogP contribution in [0.25, 0.3) is 0 Å². The summed E-state index contributed by atoms with van der Waals surface area (Å²) in [6.45, 7) is 0. The van der Waals surface area contributed by atoms with E-state index in [0.717, 1.165) is 0 Å².